The van der Waals surface area contributed by atoms with Gasteiger partial charge < -0.3 is 18.9 Å². The number of esters is 1. The van der Waals surface area contributed by atoms with E-state index in [1.165, 1.54) is 0 Å². The molecule has 0 saturated carbocycles. The van der Waals surface area contributed by atoms with Gasteiger partial charge in [0.15, 0.2) is 12.2 Å². The lowest BCUT2D eigenvalue weighted by Gasteiger charge is -2.41. The van der Waals surface area contributed by atoms with E-state index in [0.717, 1.165) is 44.9 Å². The van der Waals surface area contributed by atoms with Crippen LogP contribution in [0.1, 0.15) is 134 Å². The zero-order valence-corrected chi connectivity index (χ0v) is 27.2. The van der Waals surface area contributed by atoms with E-state index in [1.807, 2.05) is 41.5 Å². The van der Waals surface area contributed by atoms with Crippen molar-refractivity contribution >= 4 is 17.5 Å². The molecule has 0 radical (unpaired) electrons. The first kappa shape index (κ1) is 37.7. The predicted octanol–water partition coefficient (Wildman–Crippen LogP) is 7.26. The quantitative estimate of drug-likeness (QED) is 0.102. The lowest BCUT2D eigenvalue weighted by Crippen LogP contribution is -2.50. The van der Waals surface area contributed by atoms with Gasteiger partial charge in [-0.15, -0.1) is 0 Å². The Morgan fingerprint density at radius 3 is 1.95 bits per heavy atom. The Morgan fingerprint density at radius 2 is 1.41 bits per heavy atom. The van der Waals surface area contributed by atoms with Crippen LogP contribution in [-0.4, -0.2) is 60.3 Å². The average Bonchev–Trinajstić information content (AvgIpc) is 2.84. The van der Waals surface area contributed by atoms with Crippen LogP contribution in [0.5, 0.6) is 0 Å². The molecular weight excluding hydrogens is 496 g/mol. The highest BCUT2D eigenvalue weighted by Gasteiger charge is 2.45. The largest absolute Gasteiger partial charge is 0.453 e. The van der Waals surface area contributed by atoms with Crippen LogP contribution < -0.4 is 0 Å². The van der Waals surface area contributed by atoms with E-state index in [9.17, 15) is 14.4 Å². The Bertz CT molecular complexity index is 739. The molecule has 0 aliphatic rings. The number of carbonyl (C=O) groups is 3. The standard InChI is InChI=1S/C32H60O7/c1-13-15-19-26(14-2)22-37-31(9,10)28(34)24(5)38-29(35)25(6)39-32(11,12)30(7,8)27(33)20-17-16-18-21-36-23(3)4/h23-26H,13-22H2,1-12H3. The molecule has 0 amide bonds. The van der Waals surface area contributed by atoms with E-state index < -0.39 is 34.8 Å². The minimum Gasteiger partial charge on any atom is -0.453 e. The van der Waals surface area contributed by atoms with Crippen LogP contribution in [0.4, 0.5) is 0 Å². The average molecular weight is 557 g/mol. The van der Waals surface area contributed by atoms with Crippen LogP contribution in [0.3, 0.4) is 0 Å². The molecule has 0 N–H and O–H groups in total. The van der Waals surface area contributed by atoms with E-state index in [0.29, 0.717) is 25.6 Å². The predicted molar refractivity (Wildman–Crippen MR) is 157 cm³/mol. The van der Waals surface area contributed by atoms with E-state index in [-0.39, 0.29) is 17.7 Å². The fraction of sp³-hybridized carbons (Fsp3) is 0.906. The Kier molecular flexibility index (Phi) is 16.9. The maximum Gasteiger partial charge on any atom is 0.335 e. The van der Waals surface area contributed by atoms with E-state index in [4.69, 9.17) is 18.9 Å². The summed E-state index contributed by atoms with van der Waals surface area (Å²) in [7, 11) is 0. The lowest BCUT2D eigenvalue weighted by atomic mass is 9.72. The van der Waals surface area contributed by atoms with Gasteiger partial charge in [-0.3, -0.25) is 9.59 Å². The number of unbranched alkanes of at least 4 members (excludes halogenated alkanes) is 3. The van der Waals surface area contributed by atoms with Gasteiger partial charge in [0, 0.05) is 13.0 Å². The van der Waals surface area contributed by atoms with Crippen molar-refractivity contribution in [3.8, 4) is 0 Å². The molecule has 0 fully saturated rings. The van der Waals surface area contributed by atoms with Crippen molar-refractivity contribution in [3.05, 3.63) is 0 Å². The van der Waals surface area contributed by atoms with Crippen molar-refractivity contribution in [2.45, 2.75) is 164 Å². The minimum atomic E-state index is -1.07. The molecule has 0 heterocycles. The van der Waals surface area contributed by atoms with Crippen molar-refractivity contribution in [2.24, 2.45) is 11.3 Å². The van der Waals surface area contributed by atoms with Crippen LogP contribution in [0.2, 0.25) is 0 Å². The van der Waals surface area contributed by atoms with Gasteiger partial charge in [-0.05, 0) is 80.6 Å². The molecule has 0 rings (SSSR count). The number of hydrogen-bond donors (Lipinski definition) is 0. The summed E-state index contributed by atoms with van der Waals surface area (Å²) in [6, 6.07) is 0. The molecule has 0 bridgehead atoms. The number of ketones is 2. The number of rotatable bonds is 22. The van der Waals surface area contributed by atoms with Crippen molar-refractivity contribution in [2.75, 3.05) is 13.2 Å². The second-order valence-electron chi connectivity index (χ2n) is 12.7. The smallest absolute Gasteiger partial charge is 0.335 e. The Morgan fingerprint density at radius 1 is 0.795 bits per heavy atom. The number of Topliss-reactive ketones (excluding diaryl/α,β-unsaturated/α-hetero) is 2. The first-order valence-corrected chi connectivity index (χ1v) is 15.1. The topological polar surface area (TPSA) is 88.1 Å². The van der Waals surface area contributed by atoms with Crippen molar-refractivity contribution in [1.82, 2.24) is 0 Å². The van der Waals surface area contributed by atoms with Gasteiger partial charge in [-0.25, -0.2) is 4.79 Å². The fourth-order valence-electron chi connectivity index (χ4n) is 4.28. The molecule has 230 valence electrons. The molecule has 0 aliphatic heterocycles. The summed E-state index contributed by atoms with van der Waals surface area (Å²) < 4.78 is 23.2. The molecule has 0 aliphatic carbocycles. The molecule has 3 unspecified atom stereocenters. The third-order valence-corrected chi connectivity index (χ3v) is 7.98. The Balaban J connectivity index is 4.92. The van der Waals surface area contributed by atoms with Crippen LogP contribution in [-0.2, 0) is 33.3 Å². The first-order chi connectivity index (χ1) is 17.9. The molecule has 7 nitrogen and oxygen atoms in total. The van der Waals surface area contributed by atoms with Crippen LogP contribution >= 0.6 is 0 Å². The summed E-state index contributed by atoms with van der Waals surface area (Å²) in [5.74, 6) is -0.440. The zero-order chi connectivity index (χ0) is 30.4. The molecule has 0 spiro atoms. The fourth-order valence-corrected chi connectivity index (χ4v) is 4.28. The molecule has 0 aromatic rings. The van der Waals surface area contributed by atoms with Gasteiger partial charge in [-0.2, -0.15) is 0 Å². The Labute approximate surface area is 239 Å². The SMILES string of the molecule is CCCCC(CC)COC(C)(C)C(=O)C(C)OC(=O)C(C)OC(C)(C)C(C)(C)C(=O)CCCCCOC(C)C. The van der Waals surface area contributed by atoms with Gasteiger partial charge in [0.25, 0.3) is 0 Å². The van der Waals surface area contributed by atoms with E-state index in [2.05, 4.69) is 13.8 Å². The third-order valence-electron chi connectivity index (χ3n) is 7.98. The van der Waals surface area contributed by atoms with Gasteiger partial charge in [0.1, 0.15) is 11.4 Å². The third kappa shape index (κ3) is 13.3. The monoisotopic (exact) mass is 556 g/mol. The van der Waals surface area contributed by atoms with Gasteiger partial charge in [0.05, 0.1) is 23.7 Å². The maximum absolute atomic E-state index is 13.1. The highest BCUT2D eigenvalue weighted by molar-refractivity contribution is 5.92. The number of carbonyl (C=O) groups excluding carboxylic acids is 3. The Hall–Kier alpha value is -1.31. The second kappa shape index (κ2) is 17.5. The van der Waals surface area contributed by atoms with Gasteiger partial charge in [-0.1, -0.05) is 53.4 Å². The number of ether oxygens (including phenoxy) is 4. The zero-order valence-electron chi connectivity index (χ0n) is 27.2. The van der Waals surface area contributed by atoms with Gasteiger partial charge >= 0.3 is 5.97 Å². The summed E-state index contributed by atoms with van der Waals surface area (Å²) in [4.78, 5) is 39.0. The summed E-state index contributed by atoms with van der Waals surface area (Å²) in [6.45, 7) is 23.5. The van der Waals surface area contributed by atoms with E-state index >= 15 is 0 Å². The lowest BCUT2D eigenvalue weighted by molar-refractivity contribution is -0.187. The summed E-state index contributed by atoms with van der Waals surface area (Å²) >= 11 is 0. The molecule has 39 heavy (non-hydrogen) atoms. The normalized spacial score (nSPS) is 15.2. The van der Waals surface area contributed by atoms with Crippen LogP contribution in [0.15, 0.2) is 0 Å². The van der Waals surface area contributed by atoms with Crippen LogP contribution in [0, 0.1) is 11.3 Å². The van der Waals surface area contributed by atoms with Crippen LogP contribution in [0.25, 0.3) is 0 Å². The summed E-state index contributed by atoms with van der Waals surface area (Å²) in [6.07, 6.45) is 5.68. The summed E-state index contributed by atoms with van der Waals surface area (Å²) in [5.41, 5.74) is -2.81. The van der Waals surface area contributed by atoms with Crippen molar-refractivity contribution in [3.63, 3.8) is 0 Å². The van der Waals surface area contributed by atoms with Crippen molar-refractivity contribution < 1.29 is 33.3 Å². The minimum absolute atomic E-state index is 0.0876. The molecule has 3 atom stereocenters. The summed E-state index contributed by atoms with van der Waals surface area (Å²) in [5, 5.41) is 0. The highest BCUT2D eigenvalue weighted by atomic mass is 16.6. The van der Waals surface area contributed by atoms with Crippen molar-refractivity contribution in [1.29, 1.82) is 0 Å². The van der Waals surface area contributed by atoms with E-state index in [1.54, 1.807) is 27.7 Å². The molecule has 0 aromatic carbocycles. The molecular formula is C32H60O7. The van der Waals surface area contributed by atoms with Gasteiger partial charge in [0.2, 0.25) is 5.78 Å². The first-order valence-electron chi connectivity index (χ1n) is 15.1. The second-order valence-corrected chi connectivity index (χ2v) is 12.7. The number of hydrogen-bond acceptors (Lipinski definition) is 7. The molecule has 0 aromatic heterocycles. The molecule has 0 saturated heterocycles. The highest BCUT2D eigenvalue weighted by Crippen LogP contribution is 2.37. The molecule has 7 heteroatoms. The maximum atomic E-state index is 13.1.